The van der Waals surface area contributed by atoms with Crippen LogP contribution in [0, 0.1) is 5.92 Å². The van der Waals surface area contributed by atoms with Gasteiger partial charge in [-0.1, -0.05) is 36.8 Å². The molecule has 148 valence electrons. The number of benzene rings is 1. The molecule has 2 aliphatic carbocycles. The number of methoxy groups -OCH3 is 1. The lowest BCUT2D eigenvalue weighted by Gasteiger charge is -2.33. The van der Waals surface area contributed by atoms with Crippen LogP contribution in [0.2, 0.25) is 0 Å². The maximum atomic E-state index is 12.4. The molecule has 27 heavy (non-hydrogen) atoms. The molecule has 0 aromatic heterocycles. The number of hydrogen-bond donors (Lipinski definition) is 1. The minimum absolute atomic E-state index is 0.00254. The first kappa shape index (κ1) is 18.8. The Bertz CT molecular complexity index is 630. The molecular weight excluding hydrogens is 340 g/mol. The Morgan fingerprint density at radius 1 is 1.11 bits per heavy atom. The molecule has 5 nitrogen and oxygen atoms in total. The van der Waals surface area contributed by atoms with Crippen molar-refractivity contribution in [3.8, 4) is 0 Å². The van der Waals surface area contributed by atoms with Gasteiger partial charge < -0.3 is 15.2 Å². The van der Waals surface area contributed by atoms with Gasteiger partial charge in [-0.3, -0.25) is 4.90 Å². The van der Waals surface area contributed by atoms with Crippen molar-refractivity contribution in [2.75, 3.05) is 13.7 Å². The Morgan fingerprint density at radius 3 is 2.56 bits per heavy atom. The molecule has 5 heteroatoms. The molecule has 4 rings (SSSR count). The zero-order chi connectivity index (χ0) is 18.8. The van der Waals surface area contributed by atoms with Gasteiger partial charge in [0, 0.05) is 12.1 Å². The molecule has 3 fully saturated rings. The van der Waals surface area contributed by atoms with Gasteiger partial charge in [0.2, 0.25) is 0 Å². The molecule has 1 saturated heterocycles. The first-order valence-corrected chi connectivity index (χ1v) is 10.5. The van der Waals surface area contributed by atoms with E-state index in [0.717, 1.165) is 44.9 Å². The van der Waals surface area contributed by atoms with Crippen molar-refractivity contribution in [3.05, 3.63) is 35.9 Å². The Hall–Kier alpha value is -1.59. The molecular formula is C22H32N2O3. The van der Waals surface area contributed by atoms with E-state index >= 15 is 0 Å². The fourth-order valence-electron chi connectivity index (χ4n) is 5.57. The van der Waals surface area contributed by atoms with Gasteiger partial charge >= 0.3 is 6.09 Å². The zero-order valence-electron chi connectivity index (χ0n) is 16.3. The number of ether oxygens (including phenoxy) is 2. The van der Waals surface area contributed by atoms with Crippen LogP contribution in [0.25, 0.3) is 0 Å². The number of carbonyl (C=O) groups excluding carboxylic acids is 1. The van der Waals surface area contributed by atoms with E-state index in [1.165, 1.54) is 12.7 Å². The second-order valence-electron chi connectivity index (χ2n) is 8.40. The summed E-state index contributed by atoms with van der Waals surface area (Å²) in [6.45, 7) is 0.532. The Morgan fingerprint density at radius 2 is 1.85 bits per heavy atom. The predicted octanol–water partition coefficient (Wildman–Crippen LogP) is 3.68. The number of hydrogen-bond acceptors (Lipinski definition) is 4. The lowest BCUT2D eigenvalue weighted by Crippen LogP contribution is -2.48. The average molecular weight is 373 g/mol. The number of nitrogens with zero attached hydrogens (tertiary/aromatic N) is 1. The second kappa shape index (κ2) is 8.19. The Balaban J connectivity index is 1.32. The molecule has 1 amide bonds. The van der Waals surface area contributed by atoms with Crippen molar-refractivity contribution in [2.45, 2.75) is 75.1 Å². The predicted molar refractivity (Wildman–Crippen MR) is 105 cm³/mol. The van der Waals surface area contributed by atoms with Crippen LogP contribution >= 0.6 is 0 Å². The highest BCUT2D eigenvalue weighted by Gasteiger charge is 2.51. The number of carbonyl (C=O) groups is 1. The first-order valence-electron chi connectivity index (χ1n) is 10.5. The molecule has 1 aliphatic heterocycles. The van der Waals surface area contributed by atoms with E-state index < -0.39 is 0 Å². The van der Waals surface area contributed by atoms with Crippen molar-refractivity contribution >= 4 is 6.09 Å². The van der Waals surface area contributed by atoms with E-state index in [4.69, 9.17) is 15.2 Å². The molecule has 2 saturated carbocycles. The van der Waals surface area contributed by atoms with Crippen molar-refractivity contribution in [2.24, 2.45) is 11.7 Å². The second-order valence-corrected chi connectivity index (χ2v) is 8.40. The molecule has 0 bridgehead atoms. The normalized spacial score (nSPS) is 35.9. The van der Waals surface area contributed by atoms with Crippen LogP contribution in [0.4, 0.5) is 4.79 Å². The average Bonchev–Trinajstić information content (AvgIpc) is 3.29. The SMILES string of the molecule is COC(=O)N1[C@@H]2CCC[C@@H]2[C@H](N)[C@@H]1COC1CCC(c2ccccc2)CC1. The van der Waals surface area contributed by atoms with Gasteiger partial charge in [-0.15, -0.1) is 0 Å². The van der Waals surface area contributed by atoms with E-state index in [9.17, 15) is 4.79 Å². The topological polar surface area (TPSA) is 64.8 Å². The van der Waals surface area contributed by atoms with E-state index in [-0.39, 0.29) is 30.3 Å². The van der Waals surface area contributed by atoms with Crippen LogP contribution in [-0.4, -0.2) is 48.9 Å². The maximum absolute atomic E-state index is 12.4. The van der Waals surface area contributed by atoms with Crippen LogP contribution < -0.4 is 5.73 Å². The van der Waals surface area contributed by atoms with Gasteiger partial charge in [-0.25, -0.2) is 4.79 Å². The molecule has 0 spiro atoms. The molecule has 0 radical (unpaired) electrons. The highest BCUT2D eigenvalue weighted by atomic mass is 16.5. The van der Waals surface area contributed by atoms with E-state index in [0.29, 0.717) is 18.4 Å². The summed E-state index contributed by atoms with van der Waals surface area (Å²) < 4.78 is 11.3. The van der Waals surface area contributed by atoms with Crippen molar-refractivity contribution in [3.63, 3.8) is 0 Å². The van der Waals surface area contributed by atoms with Crippen molar-refractivity contribution in [1.82, 2.24) is 4.90 Å². The quantitative estimate of drug-likeness (QED) is 0.876. The summed E-state index contributed by atoms with van der Waals surface area (Å²) in [4.78, 5) is 14.2. The van der Waals surface area contributed by atoms with Gasteiger partial charge in [0.05, 0.1) is 25.9 Å². The lowest BCUT2D eigenvalue weighted by atomic mass is 9.83. The minimum Gasteiger partial charge on any atom is -0.453 e. The minimum atomic E-state index is -0.249. The number of amides is 1. The zero-order valence-corrected chi connectivity index (χ0v) is 16.3. The Kier molecular flexibility index (Phi) is 5.69. The van der Waals surface area contributed by atoms with Crippen LogP contribution in [0.15, 0.2) is 30.3 Å². The van der Waals surface area contributed by atoms with Gasteiger partial charge in [-0.05, 0) is 55.9 Å². The van der Waals surface area contributed by atoms with E-state index in [1.54, 1.807) is 0 Å². The molecule has 0 unspecified atom stereocenters. The van der Waals surface area contributed by atoms with Crippen LogP contribution in [0.5, 0.6) is 0 Å². The number of fused-ring (bicyclic) bond motifs is 1. The molecule has 4 atom stereocenters. The van der Waals surface area contributed by atoms with Crippen LogP contribution in [0.3, 0.4) is 0 Å². The summed E-state index contributed by atoms with van der Waals surface area (Å²) in [6.07, 6.45) is 7.80. The molecule has 1 aromatic carbocycles. The fraction of sp³-hybridized carbons (Fsp3) is 0.682. The third-order valence-corrected chi connectivity index (χ3v) is 7.02. The van der Waals surface area contributed by atoms with Gasteiger partial charge in [0.25, 0.3) is 0 Å². The summed E-state index contributed by atoms with van der Waals surface area (Å²) >= 11 is 0. The third-order valence-electron chi connectivity index (χ3n) is 7.02. The maximum Gasteiger partial charge on any atom is 0.410 e. The summed E-state index contributed by atoms with van der Waals surface area (Å²) in [7, 11) is 1.46. The summed E-state index contributed by atoms with van der Waals surface area (Å²) in [5.74, 6) is 1.04. The standard InChI is InChI=1S/C22H32N2O3/c1-26-22(25)24-19-9-5-8-18(19)21(23)20(24)14-27-17-12-10-16(11-13-17)15-6-3-2-4-7-15/h2-4,6-7,16-21H,5,8-14,23H2,1H3/t16?,17?,18-,19+,20-,21-/m0/s1. The Labute approximate surface area is 162 Å². The monoisotopic (exact) mass is 372 g/mol. The highest BCUT2D eigenvalue weighted by molar-refractivity contribution is 5.69. The van der Waals surface area contributed by atoms with E-state index in [2.05, 4.69) is 30.3 Å². The summed E-state index contributed by atoms with van der Waals surface area (Å²) in [5.41, 5.74) is 7.97. The smallest absolute Gasteiger partial charge is 0.410 e. The third kappa shape index (κ3) is 3.72. The van der Waals surface area contributed by atoms with Crippen LogP contribution in [0.1, 0.15) is 56.4 Å². The lowest BCUT2D eigenvalue weighted by molar-refractivity contribution is -0.00901. The van der Waals surface area contributed by atoms with Gasteiger partial charge in [-0.2, -0.15) is 0 Å². The first-order chi connectivity index (χ1) is 13.2. The molecule has 3 aliphatic rings. The summed E-state index contributed by atoms with van der Waals surface area (Å²) in [6, 6.07) is 11.0. The number of rotatable bonds is 4. The van der Waals surface area contributed by atoms with Crippen molar-refractivity contribution < 1.29 is 14.3 Å². The van der Waals surface area contributed by atoms with Crippen molar-refractivity contribution in [1.29, 1.82) is 0 Å². The molecule has 1 aromatic rings. The largest absolute Gasteiger partial charge is 0.453 e. The fourth-order valence-corrected chi connectivity index (χ4v) is 5.57. The summed E-state index contributed by atoms with van der Waals surface area (Å²) in [5, 5.41) is 0. The van der Waals surface area contributed by atoms with Crippen LogP contribution in [-0.2, 0) is 9.47 Å². The van der Waals surface area contributed by atoms with Gasteiger partial charge in [0.1, 0.15) is 0 Å². The van der Waals surface area contributed by atoms with E-state index in [1.807, 2.05) is 4.90 Å². The number of likely N-dealkylation sites (tertiary alicyclic amines) is 1. The molecule has 2 N–H and O–H groups in total. The highest BCUT2D eigenvalue weighted by Crippen LogP contribution is 2.41. The number of nitrogens with two attached hydrogens (primary N) is 1. The van der Waals surface area contributed by atoms with Gasteiger partial charge in [0.15, 0.2) is 0 Å². The molecule has 1 heterocycles.